The lowest BCUT2D eigenvalue weighted by atomic mass is 10.1. The number of likely N-dealkylation sites (tertiary alicyclic amines) is 1. The summed E-state index contributed by atoms with van der Waals surface area (Å²) in [5.41, 5.74) is 1.54. The number of benzene rings is 1. The highest BCUT2D eigenvalue weighted by molar-refractivity contribution is 5.98. The van der Waals surface area contributed by atoms with Crippen molar-refractivity contribution in [3.63, 3.8) is 0 Å². The van der Waals surface area contributed by atoms with E-state index in [4.69, 9.17) is 9.47 Å². The molecule has 1 aromatic rings. The summed E-state index contributed by atoms with van der Waals surface area (Å²) in [7, 11) is 3.73. The van der Waals surface area contributed by atoms with Gasteiger partial charge in [0.1, 0.15) is 5.75 Å². The van der Waals surface area contributed by atoms with Crippen molar-refractivity contribution in [1.29, 1.82) is 0 Å². The van der Waals surface area contributed by atoms with Gasteiger partial charge < -0.3 is 19.7 Å². The Morgan fingerprint density at radius 2 is 2.09 bits per heavy atom. The van der Waals surface area contributed by atoms with Gasteiger partial charge in [0.2, 0.25) is 0 Å². The lowest BCUT2D eigenvalue weighted by molar-refractivity contribution is 0.0117. The Balaban J connectivity index is 1.69. The first kappa shape index (κ1) is 17.8. The number of aryl methyl sites for hydroxylation is 1. The van der Waals surface area contributed by atoms with Crippen LogP contribution in [0.25, 0.3) is 0 Å². The Labute approximate surface area is 139 Å². The van der Waals surface area contributed by atoms with Crippen LogP contribution in [-0.2, 0) is 4.74 Å². The fourth-order valence-electron chi connectivity index (χ4n) is 2.87. The molecule has 1 aliphatic rings. The van der Waals surface area contributed by atoms with Crippen molar-refractivity contribution < 1.29 is 14.3 Å². The molecule has 1 amide bonds. The van der Waals surface area contributed by atoms with E-state index in [0.29, 0.717) is 30.6 Å². The molecule has 1 saturated heterocycles. The summed E-state index contributed by atoms with van der Waals surface area (Å²) in [5.74, 6) is 0.532. The van der Waals surface area contributed by atoms with E-state index in [9.17, 15) is 4.79 Å². The number of hydrogen-bond acceptors (Lipinski definition) is 4. The van der Waals surface area contributed by atoms with Gasteiger partial charge in [-0.25, -0.2) is 0 Å². The van der Waals surface area contributed by atoms with Crippen LogP contribution >= 0.6 is 0 Å². The van der Waals surface area contributed by atoms with Crippen molar-refractivity contribution >= 4 is 5.91 Å². The van der Waals surface area contributed by atoms with Crippen molar-refractivity contribution in [3.05, 3.63) is 29.3 Å². The second-order valence-electron chi connectivity index (χ2n) is 6.14. The van der Waals surface area contributed by atoms with Gasteiger partial charge in [-0.1, -0.05) is 12.1 Å². The summed E-state index contributed by atoms with van der Waals surface area (Å²) < 4.78 is 11.2. The molecule has 0 aliphatic carbocycles. The van der Waals surface area contributed by atoms with Gasteiger partial charge >= 0.3 is 0 Å². The minimum atomic E-state index is -0.0840. The Bertz CT molecular complexity index is 511. The summed E-state index contributed by atoms with van der Waals surface area (Å²) in [6.45, 7) is 5.44. The maximum absolute atomic E-state index is 12.3. The van der Waals surface area contributed by atoms with Crippen LogP contribution in [0.5, 0.6) is 5.75 Å². The van der Waals surface area contributed by atoms with Crippen LogP contribution in [0.15, 0.2) is 18.2 Å². The van der Waals surface area contributed by atoms with Gasteiger partial charge in [-0.15, -0.1) is 0 Å². The van der Waals surface area contributed by atoms with Crippen molar-refractivity contribution in [2.75, 3.05) is 40.4 Å². The zero-order valence-electron chi connectivity index (χ0n) is 14.4. The molecule has 5 heteroatoms. The molecule has 0 unspecified atom stereocenters. The highest BCUT2D eigenvalue weighted by atomic mass is 16.5. The van der Waals surface area contributed by atoms with Crippen LogP contribution < -0.4 is 10.1 Å². The molecule has 0 bridgehead atoms. The summed E-state index contributed by atoms with van der Waals surface area (Å²) in [6.07, 6.45) is 3.40. The van der Waals surface area contributed by atoms with Crippen LogP contribution in [0.4, 0.5) is 0 Å². The molecule has 0 atom stereocenters. The zero-order valence-corrected chi connectivity index (χ0v) is 14.4. The number of carbonyl (C=O) groups excluding carboxylic acids is 1. The molecule has 1 N–H and O–H groups in total. The molecule has 1 heterocycles. The van der Waals surface area contributed by atoms with Crippen LogP contribution in [-0.4, -0.2) is 57.3 Å². The van der Waals surface area contributed by atoms with E-state index in [1.165, 1.54) is 0 Å². The zero-order chi connectivity index (χ0) is 16.7. The van der Waals surface area contributed by atoms with Gasteiger partial charge in [0.05, 0.1) is 18.8 Å². The fourth-order valence-corrected chi connectivity index (χ4v) is 2.87. The predicted octanol–water partition coefficient (Wildman–Crippen LogP) is 2.23. The first-order valence-corrected chi connectivity index (χ1v) is 8.33. The second kappa shape index (κ2) is 8.89. The van der Waals surface area contributed by atoms with Crippen molar-refractivity contribution in [2.24, 2.45) is 0 Å². The van der Waals surface area contributed by atoms with Gasteiger partial charge in [-0.3, -0.25) is 4.79 Å². The quantitative estimate of drug-likeness (QED) is 0.783. The normalized spacial score (nSPS) is 16.3. The van der Waals surface area contributed by atoms with E-state index in [1.54, 1.807) is 7.11 Å². The number of methoxy groups -OCH3 is 1. The molecule has 0 aromatic heterocycles. The third-order valence-corrected chi connectivity index (χ3v) is 4.31. The monoisotopic (exact) mass is 320 g/mol. The number of hydrogen-bond donors (Lipinski definition) is 1. The first-order chi connectivity index (χ1) is 11.1. The van der Waals surface area contributed by atoms with Gasteiger partial charge in [-0.2, -0.15) is 0 Å². The summed E-state index contributed by atoms with van der Waals surface area (Å²) >= 11 is 0. The van der Waals surface area contributed by atoms with Gasteiger partial charge in [0.15, 0.2) is 0 Å². The molecule has 1 aliphatic heterocycles. The molecule has 1 aromatic carbocycles. The Morgan fingerprint density at radius 1 is 1.35 bits per heavy atom. The SMILES string of the molecule is COc1cccc(C)c1C(=O)NCCCOC1CCN(C)CC1. The number of rotatable bonds is 7. The van der Waals surface area contributed by atoms with Crippen molar-refractivity contribution in [2.45, 2.75) is 32.3 Å². The van der Waals surface area contributed by atoms with E-state index < -0.39 is 0 Å². The number of ether oxygens (including phenoxy) is 2. The minimum absolute atomic E-state index is 0.0840. The summed E-state index contributed by atoms with van der Waals surface area (Å²) in [5, 5.41) is 2.95. The van der Waals surface area contributed by atoms with Crippen molar-refractivity contribution in [1.82, 2.24) is 10.2 Å². The molecule has 0 radical (unpaired) electrons. The van der Waals surface area contributed by atoms with Crippen LogP contribution in [0.2, 0.25) is 0 Å². The third kappa shape index (κ3) is 5.22. The smallest absolute Gasteiger partial charge is 0.255 e. The minimum Gasteiger partial charge on any atom is -0.496 e. The second-order valence-corrected chi connectivity index (χ2v) is 6.14. The first-order valence-electron chi connectivity index (χ1n) is 8.33. The average molecular weight is 320 g/mol. The number of amides is 1. The van der Waals surface area contributed by atoms with Gasteiger partial charge in [-0.05, 0) is 44.9 Å². The number of piperidine rings is 1. The number of carbonyl (C=O) groups is 1. The largest absolute Gasteiger partial charge is 0.496 e. The highest BCUT2D eigenvalue weighted by Gasteiger charge is 2.17. The van der Waals surface area contributed by atoms with Crippen molar-refractivity contribution in [3.8, 4) is 5.75 Å². The number of nitrogens with zero attached hydrogens (tertiary/aromatic N) is 1. The number of nitrogens with one attached hydrogen (secondary N) is 1. The maximum Gasteiger partial charge on any atom is 0.255 e. The summed E-state index contributed by atoms with van der Waals surface area (Å²) in [4.78, 5) is 14.6. The molecule has 5 nitrogen and oxygen atoms in total. The lowest BCUT2D eigenvalue weighted by Crippen LogP contribution is -2.34. The third-order valence-electron chi connectivity index (χ3n) is 4.31. The predicted molar refractivity (Wildman–Crippen MR) is 91.2 cm³/mol. The Hall–Kier alpha value is -1.59. The Kier molecular flexibility index (Phi) is 6.86. The van der Waals surface area contributed by atoms with E-state index in [-0.39, 0.29) is 5.91 Å². The van der Waals surface area contributed by atoms with Crippen LogP contribution in [0.1, 0.15) is 35.2 Å². The average Bonchev–Trinajstić information content (AvgIpc) is 2.55. The van der Waals surface area contributed by atoms with Gasteiger partial charge in [0.25, 0.3) is 5.91 Å². The molecule has 1 fully saturated rings. The molecule has 0 saturated carbocycles. The fraction of sp³-hybridized carbons (Fsp3) is 0.611. The van der Waals surface area contributed by atoms with E-state index in [0.717, 1.165) is 37.9 Å². The van der Waals surface area contributed by atoms with Gasteiger partial charge in [0, 0.05) is 26.2 Å². The topological polar surface area (TPSA) is 50.8 Å². The van der Waals surface area contributed by atoms with E-state index in [1.807, 2.05) is 25.1 Å². The summed E-state index contributed by atoms with van der Waals surface area (Å²) in [6, 6.07) is 5.62. The maximum atomic E-state index is 12.3. The lowest BCUT2D eigenvalue weighted by Gasteiger charge is -2.28. The van der Waals surface area contributed by atoms with Crippen LogP contribution in [0.3, 0.4) is 0 Å². The highest BCUT2D eigenvalue weighted by Crippen LogP contribution is 2.21. The Morgan fingerprint density at radius 3 is 2.78 bits per heavy atom. The molecule has 2 rings (SSSR count). The molecule has 0 spiro atoms. The molecular weight excluding hydrogens is 292 g/mol. The standard InChI is InChI=1S/C18H28N2O3/c1-14-6-4-7-16(22-3)17(14)18(21)19-10-5-13-23-15-8-11-20(2)12-9-15/h4,6-7,15H,5,8-13H2,1-3H3,(H,19,21). The van der Waals surface area contributed by atoms with E-state index in [2.05, 4.69) is 17.3 Å². The molecule has 23 heavy (non-hydrogen) atoms. The van der Waals surface area contributed by atoms with Crippen LogP contribution in [0, 0.1) is 6.92 Å². The van der Waals surface area contributed by atoms with E-state index >= 15 is 0 Å². The molecule has 128 valence electrons. The molecular formula is C18H28N2O3.